The number of ether oxygens (including phenoxy) is 1. The molecule has 0 saturated carbocycles. The molecule has 0 bridgehead atoms. The second kappa shape index (κ2) is 6.02. The Kier molecular flexibility index (Phi) is 3.93. The van der Waals surface area contributed by atoms with Gasteiger partial charge in [0.15, 0.2) is 6.10 Å². The van der Waals surface area contributed by atoms with E-state index in [1.165, 1.54) is 0 Å². The third kappa shape index (κ3) is 2.93. The summed E-state index contributed by atoms with van der Waals surface area (Å²) in [7, 11) is 0. The number of carbonyl (C=O) groups is 1. The van der Waals surface area contributed by atoms with Gasteiger partial charge in [0.25, 0.3) is 0 Å². The molecular weight excluding hydrogens is 286 g/mol. The molecule has 1 unspecified atom stereocenters. The van der Waals surface area contributed by atoms with E-state index in [0.29, 0.717) is 12.2 Å². The van der Waals surface area contributed by atoms with Gasteiger partial charge in [0.05, 0.1) is 5.70 Å². The molecule has 4 heteroatoms. The maximum Gasteiger partial charge on any atom is 0.352 e. The maximum absolute atomic E-state index is 11.7. The highest BCUT2D eigenvalue weighted by Gasteiger charge is 2.34. The Morgan fingerprint density at radius 2 is 1.62 bits per heavy atom. The van der Waals surface area contributed by atoms with Crippen molar-refractivity contribution < 1.29 is 9.53 Å². The second-order valence-electron chi connectivity index (χ2n) is 4.76. The molecule has 0 aliphatic carbocycles. The Hall–Kier alpha value is -2.26. The zero-order chi connectivity index (χ0) is 14.7. The molecule has 21 heavy (non-hydrogen) atoms. The van der Waals surface area contributed by atoms with E-state index in [1.807, 2.05) is 60.7 Å². The van der Waals surface area contributed by atoms with Crippen LogP contribution in [0.2, 0.25) is 0 Å². The lowest BCUT2D eigenvalue weighted by Crippen LogP contribution is -2.17. The largest absolute Gasteiger partial charge is 0.447 e. The molecule has 1 atom stereocenters. The van der Waals surface area contributed by atoms with E-state index in [4.69, 9.17) is 16.3 Å². The molecule has 106 valence electrons. The fourth-order valence-corrected chi connectivity index (χ4v) is 2.48. The van der Waals surface area contributed by atoms with Gasteiger partial charge in [-0.2, -0.15) is 0 Å². The number of esters is 1. The highest BCUT2D eigenvalue weighted by Crippen LogP contribution is 2.35. The van der Waals surface area contributed by atoms with Crippen LogP contribution in [0.15, 0.2) is 71.4 Å². The van der Waals surface area contributed by atoms with E-state index in [2.05, 4.69) is 5.32 Å². The predicted octanol–water partition coefficient (Wildman–Crippen LogP) is 3.52. The average Bonchev–Trinajstić information content (AvgIpc) is 2.82. The molecule has 3 rings (SSSR count). The number of hydrogen-bond acceptors (Lipinski definition) is 3. The van der Waals surface area contributed by atoms with Crippen molar-refractivity contribution in [1.29, 1.82) is 0 Å². The highest BCUT2D eigenvalue weighted by atomic mass is 35.5. The van der Waals surface area contributed by atoms with Crippen molar-refractivity contribution >= 4 is 17.6 Å². The predicted molar refractivity (Wildman–Crippen MR) is 81.4 cm³/mol. The molecular formula is C17H14ClNO2. The van der Waals surface area contributed by atoms with E-state index in [1.54, 1.807) is 0 Å². The summed E-state index contributed by atoms with van der Waals surface area (Å²) in [6, 6.07) is 19.5. The van der Waals surface area contributed by atoms with Crippen LogP contribution in [0.3, 0.4) is 0 Å². The van der Waals surface area contributed by atoms with Crippen molar-refractivity contribution in [3.05, 3.63) is 82.5 Å². The van der Waals surface area contributed by atoms with Crippen LogP contribution in [-0.4, -0.2) is 5.97 Å². The number of nitrogens with one attached hydrogen (secondary N) is 1. The molecule has 2 aromatic rings. The third-order valence-corrected chi connectivity index (χ3v) is 3.69. The summed E-state index contributed by atoms with van der Waals surface area (Å²) in [5, 5.41) is 3.35. The number of hydrogen-bond donors (Lipinski definition) is 1. The van der Waals surface area contributed by atoms with Gasteiger partial charge in [-0.1, -0.05) is 72.3 Å². The molecule has 0 spiro atoms. The molecule has 1 aliphatic heterocycles. The maximum atomic E-state index is 11.7. The van der Waals surface area contributed by atoms with E-state index in [-0.39, 0.29) is 5.03 Å². The first-order chi connectivity index (χ1) is 10.3. The summed E-state index contributed by atoms with van der Waals surface area (Å²) < 4.78 is 5.35. The van der Waals surface area contributed by atoms with Gasteiger partial charge in [0.1, 0.15) is 5.03 Å². The summed E-state index contributed by atoms with van der Waals surface area (Å²) in [5.74, 6) is -0.485. The third-order valence-electron chi connectivity index (χ3n) is 3.33. The molecule has 3 nitrogen and oxygen atoms in total. The molecule has 1 heterocycles. The number of benzene rings is 2. The van der Waals surface area contributed by atoms with Crippen LogP contribution in [-0.2, 0) is 16.1 Å². The van der Waals surface area contributed by atoms with Crippen LogP contribution in [0.25, 0.3) is 0 Å². The lowest BCUT2D eigenvalue weighted by molar-refractivity contribution is -0.139. The van der Waals surface area contributed by atoms with Crippen LogP contribution in [0, 0.1) is 0 Å². The van der Waals surface area contributed by atoms with Gasteiger partial charge < -0.3 is 10.1 Å². The van der Waals surface area contributed by atoms with Crippen LogP contribution in [0.5, 0.6) is 0 Å². The molecule has 1 N–H and O–H groups in total. The first kappa shape index (κ1) is 13.7. The molecule has 2 aromatic carbocycles. The first-order valence-electron chi connectivity index (χ1n) is 6.69. The van der Waals surface area contributed by atoms with Gasteiger partial charge in [-0.05, 0) is 11.1 Å². The average molecular weight is 300 g/mol. The zero-order valence-electron chi connectivity index (χ0n) is 11.3. The van der Waals surface area contributed by atoms with Crippen molar-refractivity contribution in [2.24, 2.45) is 0 Å². The Morgan fingerprint density at radius 3 is 2.29 bits per heavy atom. The lowest BCUT2D eigenvalue weighted by Gasteiger charge is -2.16. The summed E-state index contributed by atoms with van der Waals surface area (Å²) in [5.41, 5.74) is 2.63. The van der Waals surface area contributed by atoms with Crippen LogP contribution < -0.4 is 5.32 Å². The summed E-state index contributed by atoms with van der Waals surface area (Å²) in [4.78, 5) is 11.7. The van der Waals surface area contributed by atoms with Gasteiger partial charge >= 0.3 is 5.97 Å². The summed E-state index contributed by atoms with van der Waals surface area (Å²) in [6.07, 6.45) is -0.463. The molecule has 0 amide bonds. The minimum atomic E-state index is -0.485. The lowest BCUT2D eigenvalue weighted by atomic mass is 10.1. The van der Waals surface area contributed by atoms with E-state index in [0.717, 1.165) is 11.1 Å². The van der Waals surface area contributed by atoms with Gasteiger partial charge in [-0.15, -0.1) is 0 Å². The second-order valence-corrected chi connectivity index (χ2v) is 5.14. The number of rotatable bonds is 4. The van der Waals surface area contributed by atoms with Gasteiger partial charge in [-0.3, -0.25) is 0 Å². The van der Waals surface area contributed by atoms with Crippen molar-refractivity contribution in [2.75, 3.05) is 0 Å². The van der Waals surface area contributed by atoms with Gasteiger partial charge in [-0.25, -0.2) is 4.79 Å². The normalized spacial score (nSPS) is 17.8. The van der Waals surface area contributed by atoms with Crippen molar-refractivity contribution in [3.8, 4) is 0 Å². The Morgan fingerprint density at radius 1 is 1.00 bits per heavy atom. The van der Waals surface area contributed by atoms with Crippen molar-refractivity contribution in [1.82, 2.24) is 5.32 Å². The van der Waals surface area contributed by atoms with Crippen LogP contribution in [0.4, 0.5) is 0 Å². The minimum Gasteiger partial charge on any atom is -0.447 e. The number of cyclic esters (lactones) is 1. The monoisotopic (exact) mass is 299 g/mol. The fraction of sp³-hybridized carbons (Fsp3) is 0.118. The van der Waals surface area contributed by atoms with Crippen LogP contribution in [0.1, 0.15) is 17.2 Å². The Bertz CT molecular complexity index is 668. The summed E-state index contributed by atoms with van der Waals surface area (Å²) >= 11 is 6.08. The van der Waals surface area contributed by atoms with Crippen LogP contribution >= 0.6 is 11.6 Å². The summed E-state index contributed by atoms with van der Waals surface area (Å²) in [6.45, 7) is 0.590. The SMILES string of the molecule is O=C1OC(c2ccccc2)C(NCc2ccccc2)=C1Cl. The van der Waals surface area contributed by atoms with E-state index < -0.39 is 12.1 Å². The Balaban J connectivity index is 1.81. The topological polar surface area (TPSA) is 38.3 Å². The standard InChI is InChI=1S/C17H14ClNO2/c18-14-15(19-11-12-7-3-1-4-8-12)16(21-17(14)20)13-9-5-2-6-10-13/h1-10,16,19H,11H2. The van der Waals surface area contributed by atoms with Gasteiger partial charge in [0, 0.05) is 6.54 Å². The van der Waals surface area contributed by atoms with E-state index in [9.17, 15) is 4.79 Å². The minimum absolute atomic E-state index is 0.125. The quantitative estimate of drug-likeness (QED) is 0.878. The van der Waals surface area contributed by atoms with Gasteiger partial charge in [0.2, 0.25) is 0 Å². The molecule has 0 saturated heterocycles. The number of carbonyl (C=O) groups excluding carboxylic acids is 1. The molecule has 1 aliphatic rings. The Labute approximate surface area is 128 Å². The highest BCUT2D eigenvalue weighted by molar-refractivity contribution is 6.42. The van der Waals surface area contributed by atoms with Crippen molar-refractivity contribution in [3.63, 3.8) is 0 Å². The fourth-order valence-electron chi connectivity index (χ4n) is 2.27. The number of halogens is 1. The first-order valence-corrected chi connectivity index (χ1v) is 7.07. The van der Waals surface area contributed by atoms with E-state index >= 15 is 0 Å². The zero-order valence-corrected chi connectivity index (χ0v) is 12.0. The smallest absolute Gasteiger partial charge is 0.352 e. The molecule has 0 fully saturated rings. The van der Waals surface area contributed by atoms with Crippen molar-refractivity contribution in [2.45, 2.75) is 12.6 Å². The molecule has 0 radical (unpaired) electrons. The molecule has 0 aromatic heterocycles.